The van der Waals surface area contributed by atoms with E-state index in [0.29, 0.717) is 40.8 Å². The van der Waals surface area contributed by atoms with Crippen LogP contribution in [0.4, 0.5) is 0 Å². The number of nitrogens with zero attached hydrogens (tertiary/aromatic N) is 6. The quantitative estimate of drug-likeness (QED) is 0.543. The molecule has 0 aliphatic rings. The zero-order valence-electron chi connectivity index (χ0n) is 15.8. The number of nitrogens with two attached hydrogens (primary N) is 1. The minimum atomic E-state index is 0.366. The Morgan fingerprint density at radius 2 is 2.00 bits per heavy atom. The molecule has 3 heterocycles. The summed E-state index contributed by atoms with van der Waals surface area (Å²) in [6.07, 6.45) is 3.36. The smallest absolute Gasteiger partial charge is 0.218 e. The molecule has 0 bridgehead atoms. The third kappa shape index (κ3) is 3.85. The molecule has 0 unspecified atom stereocenters. The van der Waals surface area contributed by atoms with Crippen molar-refractivity contribution >= 4 is 11.3 Å². The van der Waals surface area contributed by atoms with Gasteiger partial charge in [0.15, 0.2) is 5.82 Å². The van der Waals surface area contributed by atoms with E-state index in [0.717, 1.165) is 16.3 Å². The molecule has 0 saturated carbocycles. The largest absolute Gasteiger partial charge is 0.438 e. The average molecular weight is 403 g/mol. The number of hydrogen-bond acceptors (Lipinski definition) is 8. The highest BCUT2D eigenvalue weighted by molar-refractivity contribution is 7.09. The zero-order valence-corrected chi connectivity index (χ0v) is 16.6. The predicted octanol–water partition coefficient (Wildman–Crippen LogP) is 3.43. The van der Waals surface area contributed by atoms with E-state index in [4.69, 9.17) is 10.5 Å². The standard InChI is InChI=1S/C20H17N7OS/c1-12-25-17(11-29-12)16-6-19(27(2)26-16)28-18-5-13(7-21)3-4-15(18)20-23-9-14(8-22)10-24-20/h3-6,9-11H,8,22H2,1-2H3. The van der Waals surface area contributed by atoms with Crippen molar-refractivity contribution in [2.45, 2.75) is 13.5 Å². The summed E-state index contributed by atoms with van der Waals surface area (Å²) in [6, 6.07) is 9.08. The van der Waals surface area contributed by atoms with Crippen LogP contribution in [-0.2, 0) is 13.6 Å². The van der Waals surface area contributed by atoms with E-state index in [-0.39, 0.29) is 0 Å². The number of aromatic nitrogens is 5. The number of rotatable bonds is 5. The second-order valence-electron chi connectivity index (χ2n) is 6.29. The SMILES string of the molecule is Cc1nc(-c2cc(Oc3cc(C#N)ccc3-c3ncc(CN)cn3)n(C)n2)cs1. The van der Waals surface area contributed by atoms with Crippen molar-refractivity contribution in [3.8, 4) is 40.5 Å². The highest BCUT2D eigenvalue weighted by Crippen LogP contribution is 2.34. The minimum absolute atomic E-state index is 0.366. The van der Waals surface area contributed by atoms with Crippen molar-refractivity contribution < 1.29 is 4.74 Å². The van der Waals surface area contributed by atoms with Crippen LogP contribution < -0.4 is 10.5 Å². The summed E-state index contributed by atoms with van der Waals surface area (Å²) in [5.74, 6) is 1.47. The Balaban J connectivity index is 1.72. The molecule has 3 aromatic heterocycles. The zero-order chi connectivity index (χ0) is 20.4. The van der Waals surface area contributed by atoms with Crippen LogP contribution >= 0.6 is 11.3 Å². The van der Waals surface area contributed by atoms with Crippen molar-refractivity contribution in [3.63, 3.8) is 0 Å². The lowest BCUT2D eigenvalue weighted by Crippen LogP contribution is -2.01. The van der Waals surface area contributed by atoms with Crippen molar-refractivity contribution in [1.29, 1.82) is 5.26 Å². The van der Waals surface area contributed by atoms with Gasteiger partial charge in [0, 0.05) is 43.0 Å². The van der Waals surface area contributed by atoms with E-state index < -0.39 is 0 Å². The summed E-state index contributed by atoms with van der Waals surface area (Å²) in [4.78, 5) is 13.2. The van der Waals surface area contributed by atoms with E-state index in [1.54, 1.807) is 53.7 Å². The van der Waals surface area contributed by atoms with Gasteiger partial charge in [0.1, 0.15) is 17.1 Å². The lowest BCUT2D eigenvalue weighted by molar-refractivity contribution is 0.432. The molecule has 144 valence electrons. The van der Waals surface area contributed by atoms with Crippen LogP contribution in [-0.4, -0.2) is 24.7 Å². The van der Waals surface area contributed by atoms with E-state index in [1.165, 1.54) is 0 Å². The van der Waals surface area contributed by atoms with Crippen molar-refractivity contribution in [3.05, 3.63) is 58.2 Å². The fourth-order valence-corrected chi connectivity index (χ4v) is 3.33. The molecule has 0 saturated heterocycles. The number of hydrogen-bond donors (Lipinski definition) is 1. The predicted molar refractivity (Wildman–Crippen MR) is 109 cm³/mol. The van der Waals surface area contributed by atoms with Crippen LogP contribution in [0.5, 0.6) is 11.6 Å². The first-order chi connectivity index (χ1) is 14.1. The Kier molecular flexibility index (Phi) is 5.03. The number of benzene rings is 1. The lowest BCUT2D eigenvalue weighted by Gasteiger charge is -2.11. The second kappa shape index (κ2) is 7.79. The summed E-state index contributed by atoms with van der Waals surface area (Å²) < 4.78 is 7.75. The van der Waals surface area contributed by atoms with Crippen LogP contribution in [0.3, 0.4) is 0 Å². The van der Waals surface area contributed by atoms with E-state index in [2.05, 4.69) is 26.1 Å². The third-order valence-corrected chi connectivity index (χ3v) is 5.00. The molecule has 4 rings (SSSR count). The van der Waals surface area contributed by atoms with Crippen molar-refractivity contribution in [2.75, 3.05) is 0 Å². The molecule has 1 aromatic carbocycles. The van der Waals surface area contributed by atoms with Crippen LogP contribution in [0.2, 0.25) is 0 Å². The van der Waals surface area contributed by atoms with Gasteiger partial charge < -0.3 is 10.5 Å². The topological polar surface area (TPSA) is 116 Å². The molecule has 0 aliphatic heterocycles. The van der Waals surface area contributed by atoms with Crippen LogP contribution in [0.25, 0.3) is 22.8 Å². The van der Waals surface area contributed by atoms with Gasteiger partial charge in [-0.25, -0.2) is 19.6 Å². The number of thiazole rings is 1. The molecule has 4 aromatic rings. The molecular formula is C20H17N7OS. The Hall–Kier alpha value is -3.61. The molecule has 2 N–H and O–H groups in total. The summed E-state index contributed by atoms with van der Waals surface area (Å²) in [7, 11) is 1.79. The molecule has 9 heteroatoms. The van der Waals surface area contributed by atoms with Gasteiger partial charge in [-0.3, -0.25) is 0 Å². The van der Waals surface area contributed by atoms with Crippen LogP contribution in [0.1, 0.15) is 16.1 Å². The van der Waals surface area contributed by atoms with Gasteiger partial charge >= 0.3 is 0 Å². The summed E-state index contributed by atoms with van der Waals surface area (Å²) >= 11 is 1.56. The summed E-state index contributed by atoms with van der Waals surface area (Å²) in [6.45, 7) is 2.31. The fraction of sp³-hybridized carbons (Fsp3) is 0.150. The van der Waals surface area contributed by atoms with E-state index in [1.807, 2.05) is 18.4 Å². The highest BCUT2D eigenvalue weighted by atomic mass is 32.1. The number of aryl methyl sites for hydroxylation is 2. The molecule has 8 nitrogen and oxygen atoms in total. The summed E-state index contributed by atoms with van der Waals surface area (Å²) in [5, 5.41) is 16.7. The van der Waals surface area contributed by atoms with E-state index >= 15 is 0 Å². The van der Waals surface area contributed by atoms with Gasteiger partial charge in [-0.1, -0.05) is 0 Å². The molecule has 0 radical (unpaired) electrons. The summed E-state index contributed by atoms with van der Waals surface area (Å²) in [5.41, 5.74) is 9.11. The van der Waals surface area contributed by atoms with Gasteiger partial charge in [-0.2, -0.15) is 10.4 Å². The first-order valence-electron chi connectivity index (χ1n) is 8.77. The highest BCUT2D eigenvalue weighted by Gasteiger charge is 2.16. The average Bonchev–Trinajstić information content (AvgIpc) is 3.34. The lowest BCUT2D eigenvalue weighted by atomic mass is 10.1. The number of nitriles is 1. The first kappa shape index (κ1) is 18.7. The maximum absolute atomic E-state index is 9.29. The molecule has 0 amide bonds. The minimum Gasteiger partial charge on any atom is -0.438 e. The van der Waals surface area contributed by atoms with Gasteiger partial charge in [-0.15, -0.1) is 11.3 Å². The van der Waals surface area contributed by atoms with Gasteiger partial charge in [-0.05, 0) is 25.1 Å². The van der Waals surface area contributed by atoms with Gasteiger partial charge in [0.05, 0.1) is 22.2 Å². The van der Waals surface area contributed by atoms with Crippen LogP contribution in [0.15, 0.2) is 42.0 Å². The maximum atomic E-state index is 9.29. The third-order valence-electron chi connectivity index (χ3n) is 4.23. The molecule has 0 aliphatic carbocycles. The monoisotopic (exact) mass is 403 g/mol. The Morgan fingerprint density at radius 3 is 2.66 bits per heavy atom. The van der Waals surface area contributed by atoms with Crippen molar-refractivity contribution in [2.24, 2.45) is 12.8 Å². The molecular weight excluding hydrogens is 386 g/mol. The van der Waals surface area contributed by atoms with E-state index in [9.17, 15) is 5.26 Å². The van der Waals surface area contributed by atoms with Gasteiger partial charge in [0.25, 0.3) is 0 Å². The second-order valence-corrected chi connectivity index (χ2v) is 7.35. The Morgan fingerprint density at radius 1 is 1.21 bits per heavy atom. The maximum Gasteiger partial charge on any atom is 0.218 e. The first-order valence-corrected chi connectivity index (χ1v) is 9.65. The normalized spacial score (nSPS) is 10.7. The van der Waals surface area contributed by atoms with Gasteiger partial charge in [0.2, 0.25) is 5.88 Å². The van der Waals surface area contributed by atoms with Crippen LogP contribution in [0, 0.1) is 18.3 Å². The molecule has 0 atom stereocenters. The molecule has 0 fully saturated rings. The Labute approximate surface area is 171 Å². The molecule has 0 spiro atoms. The Bertz CT molecular complexity index is 1200. The fourth-order valence-electron chi connectivity index (χ4n) is 2.72. The van der Waals surface area contributed by atoms with Crippen molar-refractivity contribution in [1.82, 2.24) is 24.7 Å². The number of ether oxygens (including phenoxy) is 1. The molecule has 29 heavy (non-hydrogen) atoms.